The highest BCUT2D eigenvalue weighted by molar-refractivity contribution is 7.99. The normalized spacial score (nSPS) is 12.3. The Hall–Kier alpha value is -3.60. The maximum Gasteiger partial charge on any atom is 0.409 e. The quantitative estimate of drug-likeness (QED) is 0.0996. The van der Waals surface area contributed by atoms with Crippen LogP contribution in [0, 0.1) is 15.5 Å². The summed E-state index contributed by atoms with van der Waals surface area (Å²) in [4.78, 5) is 42.3. The molecule has 1 amide bonds. The van der Waals surface area contributed by atoms with Gasteiger partial charge in [-0.3, -0.25) is 10.1 Å². The van der Waals surface area contributed by atoms with Crippen LogP contribution < -0.4 is 0 Å². The number of imidazole rings is 1. The van der Waals surface area contributed by atoms with Gasteiger partial charge in [-0.1, -0.05) is 76.2 Å². The van der Waals surface area contributed by atoms with Gasteiger partial charge in [-0.15, -0.1) is 0 Å². The van der Waals surface area contributed by atoms with Gasteiger partial charge in [-0.05, 0) is 36.3 Å². The number of nitro groups is 1. The number of carboxylic acid groups (broad SMARTS) is 1. The van der Waals surface area contributed by atoms with Gasteiger partial charge in [0.05, 0.1) is 22.6 Å². The number of fused-ring (bicyclic) bond motifs is 1. The summed E-state index contributed by atoms with van der Waals surface area (Å²) in [7, 11) is 0. The van der Waals surface area contributed by atoms with Crippen molar-refractivity contribution in [3.8, 4) is 0 Å². The van der Waals surface area contributed by atoms with Crippen molar-refractivity contribution < 1.29 is 24.4 Å². The van der Waals surface area contributed by atoms with Gasteiger partial charge in [0.25, 0.3) is 5.69 Å². The average Bonchev–Trinajstić information content (AvgIpc) is 3.24. The number of carbonyl (C=O) groups is 2. The number of thioether (sulfide) groups is 1. The van der Waals surface area contributed by atoms with Gasteiger partial charge < -0.3 is 19.3 Å². The van der Waals surface area contributed by atoms with Crippen molar-refractivity contribution >= 4 is 40.5 Å². The van der Waals surface area contributed by atoms with E-state index in [1.807, 2.05) is 58.0 Å². The first-order valence-electron chi connectivity index (χ1n) is 13.5. The Morgan fingerprint density at radius 1 is 1.15 bits per heavy atom. The van der Waals surface area contributed by atoms with Crippen LogP contribution >= 0.6 is 11.8 Å². The highest BCUT2D eigenvalue weighted by atomic mass is 32.2. The second-order valence-corrected chi connectivity index (χ2v) is 11.8. The van der Waals surface area contributed by atoms with Crippen LogP contribution in [0.1, 0.15) is 58.6 Å². The SMILES string of the molecule is CCCCOC(=O)N(CCCSc1nc2cc([N+](=O)[O-])ccc2n1C(C(=O)O)C(C)(C)C)CCc1ccccc1. The molecule has 0 aliphatic heterocycles. The third-order valence-corrected chi connectivity index (χ3v) is 7.50. The Balaban J connectivity index is 1.78. The molecule has 10 nitrogen and oxygen atoms in total. The predicted molar refractivity (Wildman–Crippen MR) is 156 cm³/mol. The van der Waals surface area contributed by atoms with Crippen molar-refractivity contribution in [1.29, 1.82) is 0 Å². The summed E-state index contributed by atoms with van der Waals surface area (Å²) in [5.74, 6) is -0.444. The van der Waals surface area contributed by atoms with E-state index in [9.17, 15) is 24.8 Å². The monoisotopic (exact) mass is 570 g/mol. The Morgan fingerprint density at radius 2 is 1.88 bits per heavy atom. The number of ether oxygens (including phenoxy) is 1. The van der Waals surface area contributed by atoms with E-state index < -0.39 is 22.3 Å². The highest BCUT2D eigenvalue weighted by Crippen LogP contribution is 2.38. The number of unbranched alkanes of at least 4 members (excludes halogenated alkanes) is 1. The second-order valence-electron chi connectivity index (χ2n) is 10.7. The fourth-order valence-electron chi connectivity index (χ4n) is 4.42. The van der Waals surface area contributed by atoms with Gasteiger partial charge in [0.2, 0.25) is 0 Å². The fourth-order valence-corrected chi connectivity index (χ4v) is 5.38. The number of aromatic nitrogens is 2. The molecule has 1 N–H and O–H groups in total. The minimum Gasteiger partial charge on any atom is -0.480 e. The fraction of sp³-hybridized carbons (Fsp3) is 0.483. The summed E-state index contributed by atoms with van der Waals surface area (Å²) in [6.07, 6.45) is 2.73. The van der Waals surface area contributed by atoms with E-state index in [1.165, 1.54) is 23.9 Å². The Morgan fingerprint density at radius 3 is 2.50 bits per heavy atom. The van der Waals surface area contributed by atoms with Crippen molar-refractivity contribution in [2.24, 2.45) is 5.41 Å². The Labute approximate surface area is 238 Å². The van der Waals surface area contributed by atoms with E-state index in [4.69, 9.17) is 4.74 Å². The summed E-state index contributed by atoms with van der Waals surface area (Å²) in [5, 5.41) is 21.9. The number of nitro benzene ring substituents is 1. The zero-order valence-electron chi connectivity index (χ0n) is 23.5. The van der Waals surface area contributed by atoms with Crippen molar-refractivity contribution in [3.05, 3.63) is 64.2 Å². The summed E-state index contributed by atoms with van der Waals surface area (Å²) in [5.41, 5.74) is 1.28. The van der Waals surface area contributed by atoms with E-state index in [0.717, 1.165) is 18.4 Å². The molecule has 216 valence electrons. The van der Waals surface area contributed by atoms with Crippen LogP contribution in [0.4, 0.5) is 10.5 Å². The molecule has 0 aliphatic carbocycles. The lowest BCUT2D eigenvalue weighted by molar-refractivity contribution is -0.384. The lowest BCUT2D eigenvalue weighted by Gasteiger charge is -2.29. The number of carbonyl (C=O) groups excluding carboxylic acids is 1. The van der Waals surface area contributed by atoms with Gasteiger partial charge in [-0.2, -0.15) is 0 Å². The first-order valence-corrected chi connectivity index (χ1v) is 14.5. The Kier molecular flexibility index (Phi) is 10.9. The van der Waals surface area contributed by atoms with E-state index in [-0.39, 0.29) is 11.8 Å². The van der Waals surface area contributed by atoms with E-state index in [0.29, 0.717) is 54.5 Å². The zero-order valence-corrected chi connectivity index (χ0v) is 24.4. The second kappa shape index (κ2) is 14.2. The average molecular weight is 571 g/mol. The van der Waals surface area contributed by atoms with Crippen molar-refractivity contribution in [1.82, 2.24) is 14.5 Å². The molecule has 40 heavy (non-hydrogen) atoms. The molecule has 1 aromatic heterocycles. The molecule has 3 aromatic rings. The highest BCUT2D eigenvalue weighted by Gasteiger charge is 2.36. The number of rotatable bonds is 14. The third kappa shape index (κ3) is 8.20. The first kappa shape index (κ1) is 30.9. The van der Waals surface area contributed by atoms with E-state index >= 15 is 0 Å². The first-order chi connectivity index (χ1) is 19.0. The number of hydrogen-bond acceptors (Lipinski definition) is 7. The topological polar surface area (TPSA) is 128 Å². The molecule has 0 saturated heterocycles. The van der Waals surface area contributed by atoms with Crippen LogP contribution in [-0.4, -0.2) is 62.0 Å². The molecule has 0 aliphatic rings. The van der Waals surface area contributed by atoms with E-state index in [1.54, 1.807) is 15.5 Å². The zero-order chi connectivity index (χ0) is 29.3. The van der Waals surface area contributed by atoms with Gasteiger partial charge in [0, 0.05) is 31.0 Å². The van der Waals surface area contributed by atoms with Crippen LogP contribution in [0.5, 0.6) is 0 Å². The third-order valence-electron chi connectivity index (χ3n) is 6.46. The summed E-state index contributed by atoms with van der Waals surface area (Å²) in [6.45, 7) is 8.93. The minimum absolute atomic E-state index is 0.105. The molecule has 1 heterocycles. The lowest BCUT2D eigenvalue weighted by atomic mass is 9.86. The van der Waals surface area contributed by atoms with Gasteiger partial charge in [0.1, 0.15) is 6.04 Å². The molecular weight excluding hydrogens is 532 g/mol. The van der Waals surface area contributed by atoms with Crippen LogP contribution in [-0.2, 0) is 16.0 Å². The molecule has 0 spiro atoms. The Bertz CT molecular complexity index is 1310. The van der Waals surface area contributed by atoms with E-state index in [2.05, 4.69) is 4.98 Å². The molecule has 0 bridgehead atoms. The largest absolute Gasteiger partial charge is 0.480 e. The molecule has 0 radical (unpaired) electrons. The van der Waals surface area contributed by atoms with Gasteiger partial charge in [-0.25, -0.2) is 14.6 Å². The number of aliphatic carboxylic acids is 1. The number of amides is 1. The summed E-state index contributed by atoms with van der Waals surface area (Å²) in [6, 6.07) is 13.3. The van der Waals surface area contributed by atoms with Crippen molar-refractivity contribution in [3.63, 3.8) is 0 Å². The minimum atomic E-state index is -1.01. The standard InChI is InChI=1S/C29H38N4O6S/c1-5-6-18-39-28(36)31(17-15-21-11-8-7-9-12-21)16-10-19-40-27-30-23-20-22(33(37)38)13-14-24(23)32(27)25(26(34)35)29(2,3)4/h7-9,11-14,20,25H,5-6,10,15-19H2,1-4H3,(H,34,35). The maximum absolute atomic E-state index is 12.8. The number of carboxylic acids is 1. The molecule has 0 fully saturated rings. The van der Waals surface area contributed by atoms with Crippen LogP contribution in [0.25, 0.3) is 11.0 Å². The molecule has 3 rings (SSSR count). The molecule has 1 atom stereocenters. The van der Waals surface area contributed by atoms with Crippen molar-refractivity contribution in [2.75, 3.05) is 25.4 Å². The molecule has 1 unspecified atom stereocenters. The summed E-state index contributed by atoms with van der Waals surface area (Å²) < 4.78 is 7.14. The number of non-ortho nitro benzene ring substituents is 1. The van der Waals surface area contributed by atoms with Crippen LogP contribution in [0.15, 0.2) is 53.7 Å². The number of benzene rings is 2. The summed E-state index contributed by atoms with van der Waals surface area (Å²) >= 11 is 1.38. The van der Waals surface area contributed by atoms with Gasteiger partial charge in [0.15, 0.2) is 5.16 Å². The molecular formula is C29H38N4O6S. The molecule has 0 saturated carbocycles. The molecule has 2 aromatic carbocycles. The number of nitrogens with zero attached hydrogens (tertiary/aromatic N) is 4. The van der Waals surface area contributed by atoms with Gasteiger partial charge >= 0.3 is 12.1 Å². The predicted octanol–water partition coefficient (Wildman–Crippen LogP) is 6.58. The maximum atomic E-state index is 12.8. The van der Waals surface area contributed by atoms with Crippen LogP contribution in [0.2, 0.25) is 0 Å². The lowest BCUT2D eigenvalue weighted by Crippen LogP contribution is -2.35. The smallest absolute Gasteiger partial charge is 0.409 e. The molecule has 11 heteroatoms. The number of hydrogen-bond donors (Lipinski definition) is 1. The van der Waals surface area contributed by atoms with Crippen molar-refractivity contribution in [2.45, 2.75) is 64.6 Å². The van der Waals surface area contributed by atoms with Crippen LogP contribution in [0.3, 0.4) is 0 Å².